The molecule has 0 aromatic heterocycles. The molecule has 1 N–H and O–H groups in total. The summed E-state index contributed by atoms with van der Waals surface area (Å²) in [6.45, 7) is 1.39. The first kappa shape index (κ1) is 22.9. The molecule has 0 radical (unpaired) electrons. The van der Waals surface area contributed by atoms with E-state index in [1.54, 1.807) is 4.90 Å². The highest BCUT2D eigenvalue weighted by molar-refractivity contribution is 5.74. The quantitative estimate of drug-likeness (QED) is 0.716. The number of likely N-dealkylation sites (tertiary alicyclic amines) is 1. The third-order valence-electron chi connectivity index (χ3n) is 6.22. The largest absolute Gasteiger partial charge is 0.441 e. The van der Waals surface area contributed by atoms with Gasteiger partial charge < -0.3 is 15.0 Å². The first-order valence-electron chi connectivity index (χ1n) is 11.0. The minimum Gasteiger partial charge on any atom is -0.441 e. The highest BCUT2D eigenvalue weighted by Crippen LogP contribution is 2.36. The third-order valence-corrected chi connectivity index (χ3v) is 6.22. The maximum Gasteiger partial charge on any atom is 0.416 e. The van der Waals surface area contributed by atoms with Gasteiger partial charge in [-0.25, -0.2) is 9.59 Å². The number of halogens is 3. The van der Waals surface area contributed by atoms with Crippen LogP contribution in [-0.4, -0.2) is 53.7 Å². The number of benzene rings is 2. The number of hydrogen-bond acceptors (Lipinski definition) is 3. The predicted octanol–water partition coefficient (Wildman–Crippen LogP) is 4.44. The lowest BCUT2D eigenvalue weighted by Gasteiger charge is -2.37. The van der Waals surface area contributed by atoms with Crippen LogP contribution in [-0.2, 0) is 23.9 Å². The molecule has 1 spiro atoms. The fourth-order valence-corrected chi connectivity index (χ4v) is 4.40. The Hall–Kier alpha value is -3.23. The van der Waals surface area contributed by atoms with E-state index in [9.17, 15) is 22.8 Å². The van der Waals surface area contributed by atoms with Crippen molar-refractivity contribution in [1.29, 1.82) is 0 Å². The average molecular weight is 461 g/mol. The van der Waals surface area contributed by atoms with Crippen molar-refractivity contribution in [2.24, 2.45) is 0 Å². The molecule has 2 fully saturated rings. The third kappa shape index (κ3) is 5.40. The molecule has 2 saturated heterocycles. The second-order valence-corrected chi connectivity index (χ2v) is 8.52. The summed E-state index contributed by atoms with van der Waals surface area (Å²) in [5.74, 6) is 0. The highest BCUT2D eigenvalue weighted by Gasteiger charge is 2.48. The summed E-state index contributed by atoms with van der Waals surface area (Å²) in [6.07, 6.45) is -3.48. The van der Waals surface area contributed by atoms with Crippen LogP contribution in [0.4, 0.5) is 22.8 Å². The van der Waals surface area contributed by atoms with E-state index in [0.29, 0.717) is 32.5 Å². The molecule has 2 heterocycles. The summed E-state index contributed by atoms with van der Waals surface area (Å²) < 4.78 is 45.5. The number of rotatable bonds is 5. The zero-order valence-electron chi connectivity index (χ0n) is 18.1. The van der Waals surface area contributed by atoms with Crippen LogP contribution < -0.4 is 5.32 Å². The van der Waals surface area contributed by atoms with Crippen molar-refractivity contribution in [2.45, 2.75) is 37.6 Å². The molecule has 0 unspecified atom stereocenters. The van der Waals surface area contributed by atoms with Gasteiger partial charge in [0, 0.05) is 39.0 Å². The van der Waals surface area contributed by atoms with Gasteiger partial charge in [0.25, 0.3) is 0 Å². The first-order chi connectivity index (χ1) is 15.8. The van der Waals surface area contributed by atoms with Crippen molar-refractivity contribution in [3.05, 3.63) is 71.3 Å². The Kier molecular flexibility index (Phi) is 6.49. The molecule has 2 aromatic carbocycles. The first-order valence-corrected chi connectivity index (χ1v) is 11.0. The van der Waals surface area contributed by atoms with E-state index in [-0.39, 0.29) is 24.7 Å². The number of ether oxygens (including phenoxy) is 1. The lowest BCUT2D eigenvalue weighted by Crippen LogP contribution is -2.51. The second kappa shape index (κ2) is 9.33. The molecule has 9 heteroatoms. The number of nitrogens with zero attached hydrogens (tertiary/aromatic N) is 2. The van der Waals surface area contributed by atoms with E-state index < -0.39 is 23.4 Å². The van der Waals surface area contributed by atoms with Gasteiger partial charge in [-0.3, -0.25) is 4.90 Å². The minimum atomic E-state index is -4.49. The SMILES string of the molecule is O=C(NCCc1ccccc1)N1CCC2(CC1)CN(Cc1ccccc1C(F)(F)F)C(=O)O2. The molecule has 33 heavy (non-hydrogen) atoms. The van der Waals surface area contributed by atoms with E-state index in [1.807, 2.05) is 30.3 Å². The number of amides is 3. The van der Waals surface area contributed by atoms with Crippen molar-refractivity contribution < 1.29 is 27.5 Å². The maximum absolute atomic E-state index is 13.3. The lowest BCUT2D eigenvalue weighted by atomic mass is 9.91. The molecule has 3 amide bonds. The zero-order valence-corrected chi connectivity index (χ0v) is 18.1. The van der Waals surface area contributed by atoms with Crippen LogP contribution in [0.25, 0.3) is 0 Å². The molecule has 0 atom stereocenters. The average Bonchev–Trinajstić information content (AvgIpc) is 3.08. The number of carbonyl (C=O) groups excluding carboxylic acids is 2. The standard InChI is InChI=1S/C24H26F3N3O3/c25-24(26,27)20-9-5-4-8-19(20)16-30-17-23(33-22(30)32)11-14-29(15-12-23)21(31)28-13-10-18-6-2-1-3-7-18/h1-9H,10-17H2,(H,28,31). The topological polar surface area (TPSA) is 61.9 Å². The Labute approximate surface area is 190 Å². The number of urea groups is 1. The second-order valence-electron chi connectivity index (χ2n) is 8.52. The lowest BCUT2D eigenvalue weighted by molar-refractivity contribution is -0.138. The van der Waals surface area contributed by atoms with Crippen LogP contribution in [0.1, 0.15) is 29.5 Å². The van der Waals surface area contributed by atoms with Crippen molar-refractivity contribution in [2.75, 3.05) is 26.2 Å². The van der Waals surface area contributed by atoms with Gasteiger partial charge in [0.1, 0.15) is 5.60 Å². The summed E-state index contributed by atoms with van der Waals surface area (Å²) >= 11 is 0. The van der Waals surface area contributed by atoms with E-state index in [4.69, 9.17) is 4.74 Å². The Morgan fingerprint density at radius 1 is 1.03 bits per heavy atom. The summed E-state index contributed by atoms with van der Waals surface area (Å²) in [6, 6.07) is 14.9. The van der Waals surface area contributed by atoms with Gasteiger partial charge in [-0.1, -0.05) is 48.5 Å². The Morgan fingerprint density at radius 2 is 1.70 bits per heavy atom. The van der Waals surface area contributed by atoms with E-state index in [0.717, 1.165) is 18.1 Å². The van der Waals surface area contributed by atoms with Crippen molar-refractivity contribution in [3.63, 3.8) is 0 Å². The molecule has 6 nitrogen and oxygen atoms in total. The van der Waals surface area contributed by atoms with Crippen LogP contribution in [0.15, 0.2) is 54.6 Å². The summed E-state index contributed by atoms with van der Waals surface area (Å²) in [5, 5.41) is 2.91. The van der Waals surface area contributed by atoms with Crippen LogP contribution in [0.3, 0.4) is 0 Å². The number of alkyl halides is 3. The van der Waals surface area contributed by atoms with E-state index in [1.165, 1.54) is 23.1 Å². The van der Waals surface area contributed by atoms with Gasteiger partial charge in [-0.15, -0.1) is 0 Å². The summed E-state index contributed by atoms with van der Waals surface area (Å²) in [4.78, 5) is 27.9. The van der Waals surface area contributed by atoms with Gasteiger partial charge in [0.2, 0.25) is 0 Å². The minimum absolute atomic E-state index is 0.0363. The van der Waals surface area contributed by atoms with E-state index >= 15 is 0 Å². The van der Waals surface area contributed by atoms with E-state index in [2.05, 4.69) is 5.32 Å². The van der Waals surface area contributed by atoms with Gasteiger partial charge in [-0.2, -0.15) is 13.2 Å². The number of piperidine rings is 1. The van der Waals surface area contributed by atoms with Gasteiger partial charge in [0.05, 0.1) is 12.1 Å². The van der Waals surface area contributed by atoms with Crippen LogP contribution in [0.5, 0.6) is 0 Å². The predicted molar refractivity (Wildman–Crippen MR) is 115 cm³/mol. The molecule has 0 saturated carbocycles. The normalized spacial score (nSPS) is 17.8. The fourth-order valence-electron chi connectivity index (χ4n) is 4.40. The fraction of sp³-hybridized carbons (Fsp3) is 0.417. The van der Waals surface area contributed by atoms with Crippen LogP contribution in [0.2, 0.25) is 0 Å². The molecule has 176 valence electrons. The van der Waals surface area contributed by atoms with Crippen LogP contribution in [0, 0.1) is 0 Å². The molecular formula is C24H26F3N3O3. The molecule has 4 rings (SSSR count). The van der Waals surface area contributed by atoms with Crippen molar-refractivity contribution in [3.8, 4) is 0 Å². The monoisotopic (exact) mass is 461 g/mol. The summed E-state index contributed by atoms with van der Waals surface area (Å²) in [5.41, 5.74) is -0.346. The Bertz CT molecular complexity index is 989. The Morgan fingerprint density at radius 3 is 2.39 bits per heavy atom. The van der Waals surface area contributed by atoms with Crippen LogP contribution >= 0.6 is 0 Å². The highest BCUT2D eigenvalue weighted by atomic mass is 19.4. The molecule has 0 bridgehead atoms. The Balaban J connectivity index is 1.29. The molecule has 2 aliphatic heterocycles. The maximum atomic E-state index is 13.3. The molecule has 2 aliphatic rings. The molecule has 0 aliphatic carbocycles. The zero-order chi connectivity index (χ0) is 23.5. The van der Waals surface area contributed by atoms with Gasteiger partial charge in [-0.05, 0) is 23.6 Å². The van der Waals surface area contributed by atoms with Crippen molar-refractivity contribution in [1.82, 2.24) is 15.1 Å². The number of nitrogens with one attached hydrogen (secondary N) is 1. The summed E-state index contributed by atoms with van der Waals surface area (Å²) in [7, 11) is 0. The molecular weight excluding hydrogens is 435 g/mol. The van der Waals surface area contributed by atoms with Crippen molar-refractivity contribution >= 4 is 12.1 Å². The number of hydrogen-bond donors (Lipinski definition) is 1. The molecule has 2 aromatic rings. The van der Waals surface area contributed by atoms with Gasteiger partial charge in [0.15, 0.2) is 0 Å². The smallest absolute Gasteiger partial charge is 0.416 e. The number of carbonyl (C=O) groups is 2. The van der Waals surface area contributed by atoms with Gasteiger partial charge >= 0.3 is 18.3 Å².